The van der Waals surface area contributed by atoms with Gasteiger partial charge in [-0.05, 0) is 55.2 Å². The number of carbonyl (C=O) groups excluding carboxylic acids is 2. The molecule has 176 valence electrons. The zero-order chi connectivity index (χ0) is 22.9. The van der Waals surface area contributed by atoms with Crippen LogP contribution in [0.2, 0.25) is 0 Å². The van der Waals surface area contributed by atoms with E-state index in [4.69, 9.17) is 4.74 Å². The molecule has 1 aliphatic carbocycles. The number of likely N-dealkylation sites (tertiary alicyclic amines) is 1. The van der Waals surface area contributed by atoms with Gasteiger partial charge in [-0.15, -0.1) is 0 Å². The summed E-state index contributed by atoms with van der Waals surface area (Å²) in [6, 6.07) is 4.09. The minimum absolute atomic E-state index is 0.00905. The maximum atomic E-state index is 14.0. The van der Waals surface area contributed by atoms with Crippen molar-refractivity contribution in [1.29, 1.82) is 0 Å². The molecular weight excluding hydrogens is 437 g/mol. The number of benzene rings is 1. The van der Waals surface area contributed by atoms with Crippen LogP contribution in [0.15, 0.2) is 18.2 Å². The normalized spacial score (nSPS) is 21.9. The van der Waals surface area contributed by atoms with Crippen molar-refractivity contribution in [3.8, 4) is 5.75 Å². The molecule has 2 saturated heterocycles. The lowest BCUT2D eigenvalue weighted by Gasteiger charge is -2.36. The molecule has 0 aromatic heterocycles. The third kappa shape index (κ3) is 5.40. The Bertz CT molecular complexity index is 987. The van der Waals surface area contributed by atoms with Gasteiger partial charge in [-0.1, -0.05) is 13.0 Å². The molecule has 1 spiro atoms. The van der Waals surface area contributed by atoms with Crippen LogP contribution in [0.1, 0.15) is 44.1 Å². The van der Waals surface area contributed by atoms with Crippen LogP contribution in [-0.2, 0) is 14.6 Å². The second kappa shape index (κ2) is 8.97. The van der Waals surface area contributed by atoms with Gasteiger partial charge in [0.15, 0.2) is 21.4 Å². The Labute approximate surface area is 187 Å². The molecule has 2 N–H and O–H groups in total. The Morgan fingerprint density at radius 2 is 1.97 bits per heavy atom. The van der Waals surface area contributed by atoms with Gasteiger partial charge in [-0.3, -0.25) is 10.1 Å². The number of imide groups is 1. The van der Waals surface area contributed by atoms with Gasteiger partial charge >= 0.3 is 6.03 Å². The number of halogens is 1. The number of hydrogen-bond donors (Lipinski definition) is 2. The van der Waals surface area contributed by atoms with Crippen LogP contribution in [0.4, 0.5) is 9.18 Å². The standard InChI is InChI=1S/C22H30FN3O5S/c1-15(17-4-5-18(23)19(12-17)31-13-16-2-3-16)14-32(29,30)11-10-26-8-6-22(7-9-26)20(27)24-21(28)25-22/h4-5,12,15-16H,2-3,6-11,13-14H2,1H3,(H2,24,25,27,28)/t15-/m0/s1. The van der Waals surface area contributed by atoms with Crippen molar-refractivity contribution in [2.45, 2.75) is 44.1 Å². The molecule has 3 amide bonds. The van der Waals surface area contributed by atoms with Crippen LogP contribution in [0.3, 0.4) is 0 Å². The molecule has 1 aromatic rings. The first-order valence-corrected chi connectivity index (χ1v) is 13.0. The SMILES string of the molecule is C[C@@H](CS(=O)(=O)CCN1CCC2(CC1)NC(=O)NC2=O)c1ccc(F)c(OCC2CC2)c1. The fourth-order valence-corrected chi connectivity index (χ4v) is 5.95. The van der Waals surface area contributed by atoms with Gasteiger partial charge in [0.2, 0.25) is 0 Å². The van der Waals surface area contributed by atoms with Gasteiger partial charge in [-0.25, -0.2) is 17.6 Å². The van der Waals surface area contributed by atoms with Crippen molar-refractivity contribution in [3.05, 3.63) is 29.6 Å². The summed E-state index contributed by atoms with van der Waals surface area (Å²) < 4.78 is 45.1. The van der Waals surface area contributed by atoms with Gasteiger partial charge in [-0.2, -0.15) is 0 Å². The molecule has 0 unspecified atom stereocenters. The lowest BCUT2D eigenvalue weighted by atomic mass is 9.88. The molecule has 1 saturated carbocycles. The number of amides is 3. The van der Waals surface area contributed by atoms with E-state index in [1.807, 2.05) is 11.8 Å². The summed E-state index contributed by atoms with van der Waals surface area (Å²) in [6.45, 7) is 3.77. The van der Waals surface area contributed by atoms with E-state index in [0.29, 0.717) is 45.0 Å². The fourth-order valence-electron chi connectivity index (χ4n) is 4.30. The predicted molar refractivity (Wildman–Crippen MR) is 117 cm³/mol. The van der Waals surface area contributed by atoms with E-state index in [1.54, 1.807) is 12.1 Å². The number of hydrogen-bond acceptors (Lipinski definition) is 6. The van der Waals surface area contributed by atoms with Crippen LogP contribution in [0.25, 0.3) is 0 Å². The van der Waals surface area contributed by atoms with Crippen molar-refractivity contribution in [1.82, 2.24) is 15.5 Å². The molecule has 10 heteroatoms. The summed E-state index contributed by atoms with van der Waals surface area (Å²) in [7, 11) is -3.34. The topological polar surface area (TPSA) is 105 Å². The number of rotatable bonds is 9. The van der Waals surface area contributed by atoms with Crippen molar-refractivity contribution in [2.75, 3.05) is 37.7 Å². The van der Waals surface area contributed by atoms with Gasteiger partial charge < -0.3 is 15.0 Å². The summed E-state index contributed by atoms with van der Waals surface area (Å²) in [4.78, 5) is 25.5. The summed E-state index contributed by atoms with van der Waals surface area (Å²) in [5.74, 6) is -0.357. The molecule has 4 rings (SSSR count). The minimum atomic E-state index is -3.34. The minimum Gasteiger partial charge on any atom is -0.490 e. The molecule has 8 nitrogen and oxygen atoms in total. The maximum absolute atomic E-state index is 14.0. The zero-order valence-electron chi connectivity index (χ0n) is 18.2. The summed E-state index contributed by atoms with van der Waals surface area (Å²) in [6.07, 6.45) is 3.13. The van der Waals surface area contributed by atoms with Crippen LogP contribution in [0.5, 0.6) is 5.75 Å². The summed E-state index contributed by atoms with van der Waals surface area (Å²) in [5, 5.41) is 4.98. The quantitative estimate of drug-likeness (QED) is 0.537. The second-order valence-electron chi connectivity index (χ2n) is 9.29. The molecule has 3 aliphatic rings. The van der Waals surface area contributed by atoms with Crippen molar-refractivity contribution in [3.63, 3.8) is 0 Å². The fraction of sp³-hybridized carbons (Fsp3) is 0.636. The smallest absolute Gasteiger partial charge is 0.322 e. The highest BCUT2D eigenvalue weighted by atomic mass is 32.2. The molecule has 1 aromatic carbocycles. The largest absolute Gasteiger partial charge is 0.490 e. The Morgan fingerprint density at radius 1 is 1.25 bits per heavy atom. The summed E-state index contributed by atoms with van der Waals surface area (Å²) in [5.41, 5.74) is -0.119. The number of nitrogens with zero attached hydrogens (tertiary/aromatic N) is 1. The van der Waals surface area contributed by atoms with E-state index >= 15 is 0 Å². The molecule has 0 bridgehead atoms. The average molecular weight is 468 g/mol. The highest BCUT2D eigenvalue weighted by Gasteiger charge is 2.47. The molecule has 0 radical (unpaired) electrons. The van der Waals surface area contributed by atoms with Crippen molar-refractivity contribution >= 4 is 21.8 Å². The lowest BCUT2D eigenvalue weighted by Crippen LogP contribution is -2.55. The van der Waals surface area contributed by atoms with E-state index < -0.39 is 27.2 Å². The highest BCUT2D eigenvalue weighted by molar-refractivity contribution is 7.91. The van der Waals surface area contributed by atoms with Crippen LogP contribution >= 0.6 is 0 Å². The third-order valence-corrected chi connectivity index (χ3v) is 8.45. The maximum Gasteiger partial charge on any atom is 0.322 e. The number of urea groups is 1. The molecule has 3 fully saturated rings. The monoisotopic (exact) mass is 467 g/mol. The Hall–Kier alpha value is -2.20. The number of nitrogens with one attached hydrogen (secondary N) is 2. The van der Waals surface area contributed by atoms with Crippen molar-refractivity contribution in [2.24, 2.45) is 5.92 Å². The molecule has 1 atom stereocenters. The summed E-state index contributed by atoms with van der Waals surface area (Å²) >= 11 is 0. The predicted octanol–water partition coefficient (Wildman–Crippen LogP) is 1.81. The van der Waals surface area contributed by atoms with Crippen LogP contribution in [0, 0.1) is 11.7 Å². The lowest BCUT2D eigenvalue weighted by molar-refractivity contribution is -0.125. The number of carbonyl (C=O) groups is 2. The van der Waals surface area contributed by atoms with Crippen LogP contribution < -0.4 is 15.4 Å². The van der Waals surface area contributed by atoms with Gasteiger partial charge in [0.1, 0.15) is 5.54 Å². The Morgan fingerprint density at radius 3 is 2.59 bits per heavy atom. The molecule has 2 aliphatic heterocycles. The van der Waals surface area contributed by atoms with E-state index in [-0.39, 0.29) is 29.1 Å². The molecule has 2 heterocycles. The highest BCUT2D eigenvalue weighted by Crippen LogP contribution is 2.31. The number of sulfone groups is 1. The second-order valence-corrected chi connectivity index (χ2v) is 11.5. The first-order chi connectivity index (χ1) is 15.2. The van der Waals surface area contributed by atoms with Gasteiger partial charge in [0.05, 0.1) is 18.1 Å². The van der Waals surface area contributed by atoms with Crippen molar-refractivity contribution < 1.29 is 27.1 Å². The van der Waals surface area contributed by atoms with E-state index in [9.17, 15) is 22.4 Å². The first-order valence-electron chi connectivity index (χ1n) is 11.1. The third-order valence-electron chi connectivity index (χ3n) is 6.64. The average Bonchev–Trinajstić information content (AvgIpc) is 3.52. The zero-order valence-corrected chi connectivity index (χ0v) is 19.0. The number of ether oxygens (including phenoxy) is 1. The van der Waals surface area contributed by atoms with Gasteiger partial charge in [0.25, 0.3) is 5.91 Å². The van der Waals surface area contributed by atoms with Gasteiger partial charge in [0, 0.05) is 19.6 Å². The molecule has 32 heavy (non-hydrogen) atoms. The Kier molecular flexibility index (Phi) is 6.44. The van der Waals surface area contributed by atoms with E-state index in [2.05, 4.69) is 10.6 Å². The van der Waals surface area contributed by atoms with E-state index in [1.165, 1.54) is 6.07 Å². The molecular formula is C22H30FN3O5S. The Balaban J connectivity index is 1.27. The number of piperidine rings is 1. The van der Waals surface area contributed by atoms with Crippen LogP contribution in [-0.4, -0.2) is 68.5 Å². The first kappa shape index (κ1) is 23.0. The van der Waals surface area contributed by atoms with E-state index in [0.717, 1.165) is 18.4 Å².